The second-order valence-corrected chi connectivity index (χ2v) is 8.15. The third-order valence-electron chi connectivity index (χ3n) is 5.97. The van der Waals surface area contributed by atoms with Crippen molar-refractivity contribution in [2.75, 3.05) is 0 Å². The molecule has 2 fully saturated rings. The van der Waals surface area contributed by atoms with Crippen molar-refractivity contribution in [1.82, 2.24) is 0 Å². The first kappa shape index (κ1) is 20.8. The van der Waals surface area contributed by atoms with Crippen molar-refractivity contribution in [3.05, 3.63) is 35.6 Å². The van der Waals surface area contributed by atoms with Crippen molar-refractivity contribution in [3.63, 3.8) is 0 Å². The van der Waals surface area contributed by atoms with Crippen LogP contribution in [0.4, 0.5) is 4.39 Å². The lowest BCUT2D eigenvalue weighted by molar-refractivity contribution is -0.174. The summed E-state index contributed by atoms with van der Waals surface area (Å²) in [5, 5.41) is 0. The van der Waals surface area contributed by atoms with E-state index >= 15 is 0 Å². The van der Waals surface area contributed by atoms with Crippen molar-refractivity contribution in [2.45, 2.75) is 76.5 Å². The van der Waals surface area contributed by atoms with Crippen LogP contribution in [0.1, 0.15) is 57.4 Å². The standard InChI is InChI=1S/C22H30FNO4/c1-14-20(28-21(25)16-5-2-3-6-16)17(7-4-8-19(24)22(26)27-14)13-15-9-11-18(23)12-10-15/h9-12,14,16-17,19-20H,2-8,13,24H2,1H3/t14-,17+,19-,20-/m0/s1. The highest BCUT2D eigenvalue weighted by Gasteiger charge is 2.37. The summed E-state index contributed by atoms with van der Waals surface area (Å²) < 4.78 is 24.8. The van der Waals surface area contributed by atoms with E-state index in [1.54, 1.807) is 19.1 Å². The molecule has 5 nitrogen and oxygen atoms in total. The van der Waals surface area contributed by atoms with Gasteiger partial charge in [-0.05, 0) is 56.7 Å². The third kappa shape index (κ3) is 5.31. The van der Waals surface area contributed by atoms with E-state index in [1.165, 1.54) is 12.1 Å². The summed E-state index contributed by atoms with van der Waals surface area (Å²) in [6, 6.07) is 5.71. The van der Waals surface area contributed by atoms with E-state index in [9.17, 15) is 14.0 Å². The molecular formula is C22H30FNO4. The molecule has 2 aliphatic rings. The van der Waals surface area contributed by atoms with Gasteiger partial charge in [-0.3, -0.25) is 9.59 Å². The Labute approximate surface area is 165 Å². The average molecular weight is 391 g/mol. The average Bonchev–Trinajstić information content (AvgIpc) is 3.21. The van der Waals surface area contributed by atoms with Crippen LogP contribution in [-0.2, 0) is 25.5 Å². The zero-order chi connectivity index (χ0) is 20.1. The molecule has 1 aromatic rings. The number of hydrogen-bond donors (Lipinski definition) is 1. The van der Waals surface area contributed by atoms with E-state index in [1.807, 2.05) is 0 Å². The predicted molar refractivity (Wildman–Crippen MR) is 103 cm³/mol. The molecule has 0 aromatic heterocycles. The Balaban J connectivity index is 1.80. The molecule has 0 spiro atoms. The first-order valence-corrected chi connectivity index (χ1v) is 10.3. The lowest BCUT2D eigenvalue weighted by Gasteiger charge is -2.31. The number of benzene rings is 1. The summed E-state index contributed by atoms with van der Waals surface area (Å²) in [6.45, 7) is 1.76. The molecule has 1 heterocycles. The monoisotopic (exact) mass is 391 g/mol. The van der Waals surface area contributed by atoms with Crippen LogP contribution in [0.2, 0.25) is 0 Å². The van der Waals surface area contributed by atoms with E-state index < -0.39 is 24.2 Å². The summed E-state index contributed by atoms with van der Waals surface area (Å²) in [5.41, 5.74) is 6.88. The fourth-order valence-corrected chi connectivity index (χ4v) is 4.33. The minimum atomic E-state index is -0.654. The van der Waals surface area contributed by atoms with Crippen molar-refractivity contribution in [2.24, 2.45) is 17.6 Å². The normalized spacial score (nSPS) is 29.5. The van der Waals surface area contributed by atoms with Crippen molar-refractivity contribution in [1.29, 1.82) is 0 Å². The maximum Gasteiger partial charge on any atom is 0.323 e. The van der Waals surface area contributed by atoms with Gasteiger partial charge < -0.3 is 15.2 Å². The van der Waals surface area contributed by atoms with E-state index in [4.69, 9.17) is 15.2 Å². The fraction of sp³-hybridized carbons (Fsp3) is 0.636. The summed E-state index contributed by atoms with van der Waals surface area (Å²) in [5.74, 6) is -1.02. The van der Waals surface area contributed by atoms with Crippen molar-refractivity contribution >= 4 is 11.9 Å². The quantitative estimate of drug-likeness (QED) is 0.795. The van der Waals surface area contributed by atoms with Gasteiger partial charge >= 0.3 is 11.9 Å². The maximum absolute atomic E-state index is 13.3. The van der Waals surface area contributed by atoms with Crippen LogP contribution < -0.4 is 5.73 Å². The molecule has 0 amide bonds. The maximum atomic E-state index is 13.3. The van der Waals surface area contributed by atoms with Gasteiger partial charge in [0.25, 0.3) is 0 Å². The fourth-order valence-electron chi connectivity index (χ4n) is 4.33. The number of rotatable bonds is 4. The van der Waals surface area contributed by atoms with Crippen molar-refractivity contribution < 1.29 is 23.5 Å². The third-order valence-corrected chi connectivity index (χ3v) is 5.97. The Morgan fingerprint density at radius 3 is 2.50 bits per heavy atom. The molecule has 6 heteroatoms. The van der Waals surface area contributed by atoms with Crippen LogP contribution in [0, 0.1) is 17.7 Å². The van der Waals surface area contributed by atoms with E-state index in [0.29, 0.717) is 12.8 Å². The van der Waals surface area contributed by atoms with Crippen LogP contribution in [0.5, 0.6) is 0 Å². The van der Waals surface area contributed by atoms with Crippen LogP contribution >= 0.6 is 0 Å². The molecule has 1 aliphatic heterocycles. The van der Waals surface area contributed by atoms with Gasteiger partial charge in [0.2, 0.25) is 0 Å². The molecule has 1 saturated carbocycles. The van der Waals surface area contributed by atoms with E-state index in [-0.39, 0.29) is 23.6 Å². The minimum absolute atomic E-state index is 0.0242. The molecular weight excluding hydrogens is 361 g/mol. The van der Waals surface area contributed by atoms with Gasteiger partial charge in [0, 0.05) is 5.92 Å². The highest BCUT2D eigenvalue weighted by atomic mass is 19.1. The number of halogens is 1. The molecule has 1 aromatic carbocycles. The van der Waals surface area contributed by atoms with E-state index in [0.717, 1.165) is 44.1 Å². The van der Waals surface area contributed by atoms with Gasteiger partial charge in [-0.15, -0.1) is 0 Å². The van der Waals surface area contributed by atoms with Gasteiger partial charge in [-0.25, -0.2) is 4.39 Å². The van der Waals surface area contributed by atoms with Crippen LogP contribution in [0.15, 0.2) is 24.3 Å². The van der Waals surface area contributed by atoms with Crippen LogP contribution in [-0.4, -0.2) is 30.2 Å². The number of ether oxygens (including phenoxy) is 2. The Morgan fingerprint density at radius 2 is 1.82 bits per heavy atom. The van der Waals surface area contributed by atoms with Crippen LogP contribution in [0.25, 0.3) is 0 Å². The summed E-state index contributed by atoms with van der Waals surface area (Å²) in [6.07, 6.45) is 5.35. The number of esters is 2. The Morgan fingerprint density at radius 1 is 1.14 bits per heavy atom. The van der Waals surface area contributed by atoms with Crippen LogP contribution in [0.3, 0.4) is 0 Å². The number of cyclic esters (lactones) is 1. The largest absolute Gasteiger partial charge is 0.458 e. The molecule has 28 heavy (non-hydrogen) atoms. The Hall–Kier alpha value is -1.95. The highest BCUT2D eigenvalue weighted by Crippen LogP contribution is 2.31. The highest BCUT2D eigenvalue weighted by molar-refractivity contribution is 5.76. The lowest BCUT2D eigenvalue weighted by atomic mass is 9.86. The summed E-state index contributed by atoms with van der Waals surface area (Å²) in [4.78, 5) is 24.9. The second-order valence-electron chi connectivity index (χ2n) is 8.15. The van der Waals surface area contributed by atoms with E-state index in [2.05, 4.69) is 0 Å². The molecule has 0 bridgehead atoms. The second kappa shape index (κ2) is 9.50. The van der Waals surface area contributed by atoms with Gasteiger partial charge in [0.15, 0.2) is 0 Å². The van der Waals surface area contributed by atoms with Crippen molar-refractivity contribution in [3.8, 4) is 0 Å². The minimum Gasteiger partial charge on any atom is -0.458 e. The number of nitrogens with two attached hydrogens (primary N) is 1. The number of hydrogen-bond acceptors (Lipinski definition) is 5. The lowest BCUT2D eigenvalue weighted by Crippen LogP contribution is -2.42. The van der Waals surface area contributed by atoms with Gasteiger partial charge in [0.1, 0.15) is 24.1 Å². The van der Waals surface area contributed by atoms with Gasteiger partial charge in [-0.2, -0.15) is 0 Å². The topological polar surface area (TPSA) is 78.6 Å². The smallest absolute Gasteiger partial charge is 0.323 e. The first-order valence-electron chi connectivity index (χ1n) is 10.3. The zero-order valence-corrected chi connectivity index (χ0v) is 16.4. The van der Waals surface area contributed by atoms with Gasteiger partial charge in [-0.1, -0.05) is 31.4 Å². The molecule has 0 radical (unpaired) electrons. The summed E-state index contributed by atoms with van der Waals surface area (Å²) in [7, 11) is 0. The van der Waals surface area contributed by atoms with Gasteiger partial charge in [0.05, 0.1) is 5.92 Å². The molecule has 1 saturated heterocycles. The molecule has 2 N–H and O–H groups in total. The number of carbonyl (C=O) groups is 2. The molecule has 154 valence electrons. The molecule has 4 atom stereocenters. The Kier molecular flexibility index (Phi) is 7.05. The zero-order valence-electron chi connectivity index (χ0n) is 16.4. The first-order chi connectivity index (χ1) is 13.4. The predicted octanol–water partition coefficient (Wildman–Crippen LogP) is 3.53. The molecule has 1 aliphatic carbocycles. The number of carbonyl (C=O) groups excluding carboxylic acids is 2. The Bertz CT molecular complexity index is 672. The molecule has 3 rings (SSSR count). The SMILES string of the molecule is C[C@@H]1OC(=O)[C@@H](N)CCC[C@H](Cc2ccc(F)cc2)[C@H]1OC(=O)C1CCCC1. The molecule has 0 unspecified atom stereocenters. The summed E-state index contributed by atoms with van der Waals surface area (Å²) >= 11 is 0.